The summed E-state index contributed by atoms with van der Waals surface area (Å²) in [5.41, 5.74) is 1.42. The Morgan fingerprint density at radius 1 is 1.14 bits per heavy atom. The summed E-state index contributed by atoms with van der Waals surface area (Å²) in [5.74, 6) is 0. The summed E-state index contributed by atoms with van der Waals surface area (Å²) < 4.78 is 0. The van der Waals surface area contributed by atoms with Crippen molar-refractivity contribution in [1.29, 1.82) is 0 Å². The van der Waals surface area contributed by atoms with Gasteiger partial charge in [-0.2, -0.15) is 0 Å². The largest absolute Gasteiger partial charge is 0.349 e. The lowest BCUT2D eigenvalue weighted by Gasteiger charge is -2.16. The molecule has 1 heterocycles. The predicted molar refractivity (Wildman–Crippen MR) is 92.1 cm³/mol. The standard InChI is InChI=1S/C17H25N3S/c1-3-20(4-2)17-19-14-16(21-17)13-18-12-8-11-15-9-6-5-7-10-15/h5-7,9-10,14,18H,3-4,8,11-13H2,1-2H3. The minimum atomic E-state index is 0.924. The molecule has 0 spiro atoms. The highest BCUT2D eigenvalue weighted by Crippen LogP contribution is 2.21. The second kappa shape index (κ2) is 8.80. The Labute approximate surface area is 132 Å². The third kappa shape index (κ3) is 5.14. The molecule has 3 nitrogen and oxygen atoms in total. The molecule has 2 aromatic rings. The van der Waals surface area contributed by atoms with E-state index in [-0.39, 0.29) is 0 Å². The SMILES string of the molecule is CCN(CC)c1ncc(CNCCCc2ccccc2)s1. The molecular formula is C17H25N3S. The Hall–Kier alpha value is -1.39. The number of thiazole rings is 1. The van der Waals surface area contributed by atoms with Gasteiger partial charge < -0.3 is 10.2 Å². The fraction of sp³-hybridized carbons (Fsp3) is 0.471. The number of aromatic nitrogens is 1. The lowest BCUT2D eigenvalue weighted by Crippen LogP contribution is -2.21. The van der Waals surface area contributed by atoms with E-state index in [1.807, 2.05) is 6.20 Å². The smallest absolute Gasteiger partial charge is 0.185 e. The molecule has 0 bridgehead atoms. The molecule has 0 saturated carbocycles. The van der Waals surface area contributed by atoms with E-state index in [2.05, 4.69) is 59.4 Å². The summed E-state index contributed by atoms with van der Waals surface area (Å²) >= 11 is 1.80. The lowest BCUT2D eigenvalue weighted by atomic mass is 10.1. The van der Waals surface area contributed by atoms with E-state index in [4.69, 9.17) is 0 Å². The van der Waals surface area contributed by atoms with Gasteiger partial charge in [0, 0.05) is 30.7 Å². The second-order valence-electron chi connectivity index (χ2n) is 5.05. The van der Waals surface area contributed by atoms with Gasteiger partial charge in [-0.15, -0.1) is 11.3 Å². The van der Waals surface area contributed by atoms with Gasteiger partial charge in [0.1, 0.15) is 0 Å². The van der Waals surface area contributed by atoms with Gasteiger partial charge in [0.25, 0.3) is 0 Å². The van der Waals surface area contributed by atoms with E-state index < -0.39 is 0 Å². The number of hydrogen-bond acceptors (Lipinski definition) is 4. The van der Waals surface area contributed by atoms with Crippen LogP contribution in [0, 0.1) is 0 Å². The summed E-state index contributed by atoms with van der Waals surface area (Å²) in [6.45, 7) is 8.36. The minimum Gasteiger partial charge on any atom is -0.349 e. The van der Waals surface area contributed by atoms with Crippen LogP contribution in [0.1, 0.15) is 30.7 Å². The first kappa shape index (κ1) is 16.0. The Kier molecular flexibility index (Phi) is 6.70. The molecule has 0 aliphatic heterocycles. The van der Waals surface area contributed by atoms with Gasteiger partial charge >= 0.3 is 0 Å². The number of aryl methyl sites for hydroxylation is 1. The first-order valence-corrected chi connectivity index (χ1v) is 8.59. The van der Waals surface area contributed by atoms with Crippen molar-refractivity contribution < 1.29 is 0 Å². The van der Waals surface area contributed by atoms with Crippen LogP contribution in [0.4, 0.5) is 5.13 Å². The van der Waals surface area contributed by atoms with Crippen molar-refractivity contribution in [2.45, 2.75) is 33.2 Å². The van der Waals surface area contributed by atoms with Crippen molar-refractivity contribution in [3.05, 3.63) is 47.0 Å². The number of hydrogen-bond donors (Lipinski definition) is 1. The molecule has 0 radical (unpaired) electrons. The van der Waals surface area contributed by atoms with Crippen LogP contribution in [0.5, 0.6) is 0 Å². The monoisotopic (exact) mass is 303 g/mol. The maximum absolute atomic E-state index is 4.51. The second-order valence-corrected chi connectivity index (χ2v) is 6.14. The molecule has 4 heteroatoms. The Morgan fingerprint density at radius 2 is 1.90 bits per heavy atom. The molecule has 114 valence electrons. The third-order valence-electron chi connectivity index (χ3n) is 3.54. The van der Waals surface area contributed by atoms with Crippen molar-refractivity contribution in [2.75, 3.05) is 24.5 Å². The minimum absolute atomic E-state index is 0.924. The zero-order valence-corrected chi connectivity index (χ0v) is 13.8. The van der Waals surface area contributed by atoms with Gasteiger partial charge in [-0.05, 0) is 38.8 Å². The molecule has 21 heavy (non-hydrogen) atoms. The summed E-state index contributed by atoms with van der Waals surface area (Å²) in [6, 6.07) is 10.7. The fourth-order valence-corrected chi connectivity index (χ4v) is 3.30. The van der Waals surface area contributed by atoms with Gasteiger partial charge in [-0.3, -0.25) is 0 Å². The van der Waals surface area contributed by atoms with E-state index >= 15 is 0 Å². The van der Waals surface area contributed by atoms with Crippen LogP contribution >= 0.6 is 11.3 Å². The normalized spacial score (nSPS) is 10.8. The highest BCUT2D eigenvalue weighted by Gasteiger charge is 2.07. The number of benzene rings is 1. The van der Waals surface area contributed by atoms with Gasteiger partial charge in [0.05, 0.1) is 0 Å². The predicted octanol–water partition coefficient (Wildman–Crippen LogP) is 3.71. The van der Waals surface area contributed by atoms with Crippen molar-refractivity contribution >= 4 is 16.5 Å². The van der Waals surface area contributed by atoms with Gasteiger partial charge in [0.2, 0.25) is 0 Å². The summed E-state index contributed by atoms with van der Waals surface area (Å²) in [7, 11) is 0. The summed E-state index contributed by atoms with van der Waals surface area (Å²) in [5, 5.41) is 4.65. The van der Waals surface area contributed by atoms with Crippen LogP contribution in [-0.2, 0) is 13.0 Å². The van der Waals surface area contributed by atoms with Crippen LogP contribution in [-0.4, -0.2) is 24.6 Å². The van der Waals surface area contributed by atoms with Gasteiger partial charge in [-0.25, -0.2) is 4.98 Å². The Balaban J connectivity index is 1.67. The number of anilines is 1. The average molecular weight is 303 g/mol. The van der Waals surface area contributed by atoms with E-state index in [1.165, 1.54) is 16.9 Å². The number of nitrogens with zero attached hydrogens (tertiary/aromatic N) is 2. The highest BCUT2D eigenvalue weighted by molar-refractivity contribution is 7.15. The molecule has 0 amide bonds. The average Bonchev–Trinajstić information content (AvgIpc) is 2.98. The molecule has 0 unspecified atom stereocenters. The van der Waals surface area contributed by atoms with Crippen molar-refractivity contribution in [2.24, 2.45) is 0 Å². The maximum Gasteiger partial charge on any atom is 0.185 e. The molecule has 0 saturated heterocycles. The zero-order chi connectivity index (χ0) is 14.9. The molecule has 0 aliphatic rings. The molecular weight excluding hydrogens is 278 g/mol. The molecule has 0 fully saturated rings. The molecule has 1 aromatic carbocycles. The molecule has 2 rings (SSSR count). The lowest BCUT2D eigenvalue weighted by molar-refractivity contribution is 0.654. The van der Waals surface area contributed by atoms with Crippen molar-refractivity contribution in [1.82, 2.24) is 10.3 Å². The topological polar surface area (TPSA) is 28.2 Å². The van der Waals surface area contributed by atoms with Gasteiger partial charge in [0.15, 0.2) is 5.13 Å². The summed E-state index contributed by atoms with van der Waals surface area (Å²) in [6.07, 6.45) is 4.31. The van der Waals surface area contributed by atoms with E-state index in [9.17, 15) is 0 Å². The van der Waals surface area contributed by atoms with Crippen molar-refractivity contribution in [3.63, 3.8) is 0 Å². The summed E-state index contributed by atoms with van der Waals surface area (Å²) in [4.78, 5) is 8.12. The zero-order valence-electron chi connectivity index (χ0n) is 13.0. The first-order chi connectivity index (χ1) is 10.3. The Bertz CT molecular complexity index is 506. The quantitative estimate of drug-likeness (QED) is 0.716. The Morgan fingerprint density at radius 3 is 2.62 bits per heavy atom. The van der Waals surface area contributed by atoms with Crippen LogP contribution in [0.3, 0.4) is 0 Å². The van der Waals surface area contributed by atoms with Crippen LogP contribution in [0.2, 0.25) is 0 Å². The first-order valence-electron chi connectivity index (χ1n) is 7.77. The fourth-order valence-electron chi connectivity index (χ4n) is 2.29. The number of rotatable bonds is 9. The van der Waals surface area contributed by atoms with E-state index in [0.29, 0.717) is 0 Å². The third-order valence-corrected chi connectivity index (χ3v) is 4.59. The van der Waals surface area contributed by atoms with Crippen LogP contribution in [0.25, 0.3) is 0 Å². The number of nitrogens with one attached hydrogen (secondary N) is 1. The van der Waals surface area contributed by atoms with Crippen LogP contribution < -0.4 is 10.2 Å². The molecule has 1 N–H and O–H groups in total. The van der Waals surface area contributed by atoms with Gasteiger partial charge in [-0.1, -0.05) is 30.3 Å². The maximum atomic E-state index is 4.51. The van der Waals surface area contributed by atoms with Crippen LogP contribution in [0.15, 0.2) is 36.5 Å². The highest BCUT2D eigenvalue weighted by atomic mass is 32.1. The molecule has 0 aliphatic carbocycles. The van der Waals surface area contributed by atoms with E-state index in [0.717, 1.165) is 37.7 Å². The van der Waals surface area contributed by atoms with E-state index in [1.54, 1.807) is 11.3 Å². The van der Waals surface area contributed by atoms with Crippen molar-refractivity contribution in [3.8, 4) is 0 Å². The molecule has 0 atom stereocenters. The molecule has 1 aromatic heterocycles.